The number of carbonyl (C=O) groups is 1. The molecule has 0 spiro atoms. The number of unbranched alkanes of at least 4 members (excludes halogenated alkanes) is 2. The van der Waals surface area contributed by atoms with E-state index in [1.54, 1.807) is 12.0 Å². The summed E-state index contributed by atoms with van der Waals surface area (Å²) < 4.78 is 5.27. The van der Waals surface area contributed by atoms with E-state index in [1.165, 1.54) is 5.56 Å². The Morgan fingerprint density at radius 3 is 2.33 bits per heavy atom. The Bertz CT molecular complexity index is 1240. The Balaban J connectivity index is 1.24. The summed E-state index contributed by atoms with van der Waals surface area (Å²) in [6.45, 7) is 2.41. The fourth-order valence-corrected chi connectivity index (χ4v) is 4.85. The van der Waals surface area contributed by atoms with E-state index in [0.717, 1.165) is 55.5 Å². The molecule has 2 atom stereocenters. The number of carbonyl (C=O) groups excluding carboxylic acids is 1. The minimum absolute atomic E-state index is 0.0350. The predicted octanol–water partition coefficient (Wildman–Crippen LogP) is 6.62. The summed E-state index contributed by atoms with van der Waals surface area (Å²) in [6, 6.07) is 28.1. The van der Waals surface area contributed by atoms with E-state index >= 15 is 0 Å². The van der Waals surface area contributed by atoms with Gasteiger partial charge >= 0.3 is 0 Å². The van der Waals surface area contributed by atoms with Crippen molar-refractivity contribution in [3.63, 3.8) is 0 Å². The summed E-state index contributed by atoms with van der Waals surface area (Å²) in [4.78, 5) is 20.6. The lowest BCUT2D eigenvalue weighted by Crippen LogP contribution is -2.49. The minimum atomic E-state index is -0.177. The molecule has 0 aliphatic carbocycles. The highest BCUT2D eigenvalue weighted by molar-refractivity contribution is 6.18. The molecular formula is C33H39N3O3. The molecule has 6 nitrogen and oxygen atoms in total. The van der Waals surface area contributed by atoms with E-state index in [4.69, 9.17) is 15.3 Å². The van der Waals surface area contributed by atoms with Crippen molar-refractivity contribution in [1.29, 1.82) is 0 Å². The first-order valence-corrected chi connectivity index (χ1v) is 13.8. The lowest BCUT2D eigenvalue weighted by molar-refractivity contribution is -0.119. The number of ether oxygens (including phenoxy) is 1. The van der Waals surface area contributed by atoms with Crippen LogP contribution in [0.2, 0.25) is 0 Å². The van der Waals surface area contributed by atoms with Gasteiger partial charge in [0.1, 0.15) is 12.4 Å². The van der Waals surface area contributed by atoms with Crippen molar-refractivity contribution >= 4 is 17.3 Å². The lowest BCUT2D eigenvalue weighted by Gasteiger charge is -2.43. The van der Waals surface area contributed by atoms with Gasteiger partial charge in [0, 0.05) is 17.3 Å². The highest BCUT2D eigenvalue weighted by atomic mass is 16.6. The molecule has 3 aromatic carbocycles. The second kappa shape index (κ2) is 14.3. The number of hydrogen-bond donors (Lipinski definition) is 1. The Hall–Kier alpha value is -3.90. The minimum Gasteiger partial charge on any atom is -0.497 e. The number of oxime groups is 1. The Labute approximate surface area is 232 Å². The largest absolute Gasteiger partial charge is 0.497 e. The first kappa shape index (κ1) is 28.1. The third-order valence-corrected chi connectivity index (χ3v) is 7.01. The zero-order chi connectivity index (χ0) is 27.5. The van der Waals surface area contributed by atoms with Crippen molar-refractivity contribution in [1.82, 2.24) is 0 Å². The monoisotopic (exact) mass is 525 g/mol. The van der Waals surface area contributed by atoms with Crippen LogP contribution in [0.1, 0.15) is 56.2 Å². The number of β-lactam (4-membered cyclic amide) rings is 1. The van der Waals surface area contributed by atoms with Gasteiger partial charge in [-0.15, -0.1) is 0 Å². The number of nitrogens with two attached hydrogens (primary N) is 1. The standard InChI is InChI=1S/C33H39N3O3/c1-25(35-39-23-11-5-10-16-28(34)18-17-26-12-6-3-7-13-26)24-31-32(27-14-8-4-9-15-27)36(33(31)37)29-19-21-30(38-2)22-20-29/h3-4,6-9,12-15,19-22,24,28,32H,5,10-11,16-18,23,34H2,1-2H3/b31-24+,35-25?. The van der Waals surface area contributed by atoms with Gasteiger partial charge in [-0.05, 0) is 80.5 Å². The fourth-order valence-electron chi connectivity index (χ4n) is 4.85. The normalized spacial score (nSPS) is 17.2. The molecule has 0 radical (unpaired) electrons. The second-order valence-electron chi connectivity index (χ2n) is 9.99. The average molecular weight is 526 g/mol. The first-order valence-electron chi connectivity index (χ1n) is 13.8. The van der Waals surface area contributed by atoms with Crippen molar-refractivity contribution in [2.24, 2.45) is 10.9 Å². The molecule has 0 bridgehead atoms. The smallest absolute Gasteiger partial charge is 0.257 e. The predicted molar refractivity (Wildman–Crippen MR) is 158 cm³/mol. The summed E-state index contributed by atoms with van der Waals surface area (Å²) in [5.74, 6) is 0.719. The third-order valence-electron chi connectivity index (χ3n) is 7.01. The molecule has 1 aliphatic heterocycles. The third kappa shape index (κ3) is 7.80. The molecule has 39 heavy (non-hydrogen) atoms. The van der Waals surface area contributed by atoms with E-state index in [0.29, 0.717) is 17.9 Å². The van der Waals surface area contributed by atoms with Gasteiger partial charge in [0.15, 0.2) is 0 Å². The van der Waals surface area contributed by atoms with Crippen LogP contribution in [-0.2, 0) is 16.1 Å². The van der Waals surface area contributed by atoms with Crippen LogP contribution in [-0.4, -0.2) is 31.4 Å². The number of hydrogen-bond acceptors (Lipinski definition) is 5. The van der Waals surface area contributed by atoms with Crippen LogP contribution in [0.4, 0.5) is 5.69 Å². The molecule has 1 heterocycles. The fraction of sp³-hybridized carbons (Fsp3) is 0.333. The van der Waals surface area contributed by atoms with Crippen LogP contribution in [0.25, 0.3) is 0 Å². The summed E-state index contributed by atoms with van der Waals surface area (Å²) in [5.41, 5.74) is 10.9. The molecule has 1 fully saturated rings. The van der Waals surface area contributed by atoms with Gasteiger partial charge < -0.3 is 15.3 Å². The van der Waals surface area contributed by atoms with Crippen LogP contribution in [0, 0.1) is 0 Å². The Morgan fingerprint density at radius 1 is 0.949 bits per heavy atom. The molecule has 3 aromatic rings. The number of rotatable bonds is 14. The number of benzene rings is 3. The molecule has 1 saturated heterocycles. The van der Waals surface area contributed by atoms with Gasteiger partial charge in [0.05, 0.1) is 18.9 Å². The van der Waals surface area contributed by atoms with E-state index in [2.05, 4.69) is 29.4 Å². The van der Waals surface area contributed by atoms with Crippen LogP contribution in [0.15, 0.2) is 102 Å². The molecule has 1 aliphatic rings. The van der Waals surface area contributed by atoms with E-state index in [1.807, 2.05) is 73.7 Å². The van der Waals surface area contributed by atoms with Gasteiger partial charge in [-0.3, -0.25) is 9.69 Å². The van der Waals surface area contributed by atoms with Crippen molar-refractivity contribution in [3.8, 4) is 5.75 Å². The SMILES string of the molecule is COc1ccc(N2C(=O)/C(=C/C(C)=NOCCCCCC(N)CCc3ccccc3)C2c2ccccc2)cc1. The maximum absolute atomic E-state index is 13.2. The van der Waals surface area contributed by atoms with Gasteiger partial charge in [0.25, 0.3) is 5.91 Å². The lowest BCUT2D eigenvalue weighted by atomic mass is 9.86. The highest BCUT2D eigenvalue weighted by Gasteiger charge is 2.43. The number of amides is 1. The number of nitrogens with zero attached hydrogens (tertiary/aromatic N) is 2. The first-order chi connectivity index (χ1) is 19.1. The van der Waals surface area contributed by atoms with Crippen molar-refractivity contribution in [3.05, 3.63) is 108 Å². The van der Waals surface area contributed by atoms with Crippen LogP contribution < -0.4 is 15.4 Å². The average Bonchev–Trinajstić information content (AvgIpc) is 2.98. The molecule has 4 rings (SSSR count). The highest BCUT2D eigenvalue weighted by Crippen LogP contribution is 2.43. The molecule has 0 saturated carbocycles. The van der Waals surface area contributed by atoms with E-state index in [-0.39, 0.29) is 18.0 Å². The zero-order valence-electron chi connectivity index (χ0n) is 23.0. The van der Waals surface area contributed by atoms with E-state index in [9.17, 15) is 4.79 Å². The summed E-state index contributed by atoms with van der Waals surface area (Å²) >= 11 is 0. The van der Waals surface area contributed by atoms with E-state index < -0.39 is 0 Å². The number of methoxy groups -OCH3 is 1. The number of aryl methyl sites for hydroxylation is 1. The zero-order valence-corrected chi connectivity index (χ0v) is 23.0. The van der Waals surface area contributed by atoms with Crippen molar-refractivity contribution in [2.75, 3.05) is 18.6 Å². The number of allylic oxidation sites excluding steroid dienone is 1. The number of anilines is 1. The van der Waals surface area contributed by atoms with Gasteiger partial charge in [-0.1, -0.05) is 72.2 Å². The molecule has 6 heteroatoms. The molecular weight excluding hydrogens is 486 g/mol. The molecule has 2 unspecified atom stereocenters. The molecule has 0 aromatic heterocycles. The quantitative estimate of drug-likeness (QED) is 0.0843. The van der Waals surface area contributed by atoms with Gasteiger partial charge in [0.2, 0.25) is 0 Å². The summed E-state index contributed by atoms with van der Waals surface area (Å²) in [5, 5.41) is 4.25. The molecule has 1 amide bonds. The maximum atomic E-state index is 13.2. The van der Waals surface area contributed by atoms with Crippen molar-refractivity contribution < 1.29 is 14.4 Å². The summed E-state index contributed by atoms with van der Waals surface area (Å²) in [7, 11) is 1.63. The van der Waals surface area contributed by atoms with Gasteiger partial charge in [-0.25, -0.2) is 0 Å². The molecule has 204 valence electrons. The maximum Gasteiger partial charge on any atom is 0.257 e. The van der Waals surface area contributed by atoms with Crippen LogP contribution in [0.3, 0.4) is 0 Å². The second-order valence-corrected chi connectivity index (χ2v) is 9.99. The summed E-state index contributed by atoms with van der Waals surface area (Å²) in [6.07, 6.45) is 7.97. The van der Waals surface area contributed by atoms with Crippen LogP contribution in [0.5, 0.6) is 5.75 Å². The Morgan fingerprint density at radius 2 is 1.64 bits per heavy atom. The van der Waals surface area contributed by atoms with Gasteiger partial charge in [-0.2, -0.15) is 0 Å². The topological polar surface area (TPSA) is 77.1 Å². The Kier molecular flexibility index (Phi) is 10.3. The van der Waals surface area contributed by atoms with Crippen molar-refractivity contribution in [2.45, 2.75) is 57.5 Å². The molecule has 2 N–H and O–H groups in total. The van der Waals surface area contributed by atoms with Crippen LogP contribution >= 0.6 is 0 Å².